The van der Waals surface area contributed by atoms with E-state index in [1.54, 1.807) is 0 Å². The minimum atomic E-state index is -0.166. The molecule has 3 aromatic rings. The lowest BCUT2D eigenvalue weighted by Gasteiger charge is -2.39. The first-order valence-corrected chi connectivity index (χ1v) is 13.2. The fourth-order valence-electron chi connectivity index (χ4n) is 6.17. The van der Waals surface area contributed by atoms with Gasteiger partial charge < -0.3 is 20.0 Å². The third kappa shape index (κ3) is 4.45. The molecule has 0 atom stereocenters. The van der Waals surface area contributed by atoms with Gasteiger partial charge in [0.15, 0.2) is 0 Å². The van der Waals surface area contributed by atoms with E-state index in [0.29, 0.717) is 18.7 Å². The normalized spacial score (nSPS) is 19.6. The largest absolute Gasteiger partial charge is 0.371 e. The van der Waals surface area contributed by atoms with E-state index in [1.807, 2.05) is 52.4 Å². The van der Waals surface area contributed by atoms with E-state index in [9.17, 15) is 9.59 Å². The number of fused-ring (bicyclic) bond motifs is 2. The molecule has 192 valence electrons. The Bertz CT molecular complexity index is 1320. The van der Waals surface area contributed by atoms with Crippen LogP contribution in [0.3, 0.4) is 0 Å². The summed E-state index contributed by atoms with van der Waals surface area (Å²) in [6, 6.07) is 16.3. The molecule has 3 aliphatic rings. The zero-order valence-corrected chi connectivity index (χ0v) is 21.5. The van der Waals surface area contributed by atoms with Crippen molar-refractivity contribution in [1.29, 1.82) is 0 Å². The number of hydrogen-bond donors (Lipinski definition) is 2. The molecule has 1 aromatic heterocycles. The maximum atomic E-state index is 13.5. The zero-order valence-electron chi connectivity index (χ0n) is 21.5. The number of rotatable bonds is 3. The second-order valence-electron chi connectivity index (χ2n) is 11.1. The Morgan fingerprint density at radius 3 is 2.68 bits per heavy atom. The van der Waals surface area contributed by atoms with Crippen LogP contribution in [0.5, 0.6) is 0 Å². The fraction of sp³-hybridized carbons (Fsp3) is 0.414. The number of carbonyl (C=O) groups is 2. The van der Waals surface area contributed by atoms with Crippen LogP contribution < -0.4 is 10.2 Å². The number of amides is 3. The Morgan fingerprint density at radius 1 is 1.03 bits per heavy atom. The molecule has 0 aliphatic carbocycles. The van der Waals surface area contributed by atoms with E-state index in [2.05, 4.69) is 46.4 Å². The standard InChI is InChI=1S/C29H34N6O2/c1-29(2)19-34(18-22-17-30-32-26(22)29)27(36)21-7-5-8-24(16-21)33-13-11-23(12-14-33)35-15-10-20-6-3-4-9-25(20)31-28(35)37/h3-9,16-17,23H,10-15,18-19H2,1-2H3,(H,30,32)(H,31,37). The van der Waals surface area contributed by atoms with Crippen molar-refractivity contribution in [3.05, 3.63) is 77.1 Å². The molecule has 8 nitrogen and oxygen atoms in total. The number of carbonyl (C=O) groups excluding carboxylic acids is 2. The molecule has 0 saturated carbocycles. The van der Waals surface area contributed by atoms with Gasteiger partial charge in [-0.2, -0.15) is 5.10 Å². The summed E-state index contributed by atoms with van der Waals surface area (Å²) in [5.41, 5.74) is 5.94. The maximum Gasteiger partial charge on any atom is 0.322 e. The number of aromatic amines is 1. The van der Waals surface area contributed by atoms with Gasteiger partial charge in [-0.05, 0) is 49.1 Å². The van der Waals surface area contributed by atoms with Crippen LogP contribution in [0.2, 0.25) is 0 Å². The molecule has 0 unspecified atom stereocenters. The molecule has 4 heterocycles. The number of nitrogens with zero attached hydrogens (tertiary/aromatic N) is 4. The third-order valence-corrected chi connectivity index (χ3v) is 8.13. The van der Waals surface area contributed by atoms with Crippen LogP contribution in [-0.2, 0) is 18.4 Å². The smallest absolute Gasteiger partial charge is 0.322 e. The highest BCUT2D eigenvalue weighted by atomic mass is 16.2. The summed E-state index contributed by atoms with van der Waals surface area (Å²) in [6.07, 6.45) is 4.52. The second-order valence-corrected chi connectivity index (χ2v) is 11.1. The molecule has 1 saturated heterocycles. The Balaban J connectivity index is 1.11. The van der Waals surface area contributed by atoms with Gasteiger partial charge in [-0.1, -0.05) is 38.1 Å². The topological polar surface area (TPSA) is 84.6 Å². The molecule has 37 heavy (non-hydrogen) atoms. The lowest BCUT2D eigenvalue weighted by atomic mass is 9.83. The highest BCUT2D eigenvalue weighted by Crippen LogP contribution is 2.33. The summed E-state index contributed by atoms with van der Waals surface area (Å²) >= 11 is 0. The highest BCUT2D eigenvalue weighted by molar-refractivity contribution is 5.95. The molecular formula is C29H34N6O2. The number of hydrogen-bond acceptors (Lipinski definition) is 4. The number of benzene rings is 2. The lowest BCUT2D eigenvalue weighted by Crippen LogP contribution is -2.49. The predicted molar refractivity (Wildman–Crippen MR) is 144 cm³/mol. The first kappa shape index (κ1) is 23.6. The average Bonchev–Trinajstić information content (AvgIpc) is 3.33. The van der Waals surface area contributed by atoms with Gasteiger partial charge in [-0.3, -0.25) is 9.89 Å². The average molecular weight is 499 g/mol. The van der Waals surface area contributed by atoms with E-state index in [4.69, 9.17) is 0 Å². The minimum Gasteiger partial charge on any atom is -0.371 e. The number of anilines is 2. The summed E-state index contributed by atoms with van der Waals surface area (Å²) in [4.78, 5) is 32.7. The Labute approximate surface area is 217 Å². The summed E-state index contributed by atoms with van der Waals surface area (Å²) in [7, 11) is 0. The molecule has 0 bridgehead atoms. The van der Waals surface area contributed by atoms with Crippen LogP contribution in [0.4, 0.5) is 16.2 Å². The summed E-state index contributed by atoms with van der Waals surface area (Å²) in [6.45, 7) is 7.97. The van der Waals surface area contributed by atoms with Crippen molar-refractivity contribution < 1.29 is 9.59 Å². The minimum absolute atomic E-state index is 0.00114. The first-order valence-electron chi connectivity index (χ1n) is 13.2. The third-order valence-electron chi connectivity index (χ3n) is 8.13. The Kier molecular flexibility index (Phi) is 5.89. The molecule has 0 radical (unpaired) electrons. The van der Waals surface area contributed by atoms with E-state index < -0.39 is 0 Å². The number of piperidine rings is 1. The van der Waals surface area contributed by atoms with E-state index >= 15 is 0 Å². The van der Waals surface area contributed by atoms with Crippen molar-refractivity contribution >= 4 is 23.3 Å². The lowest BCUT2D eigenvalue weighted by molar-refractivity contribution is 0.0684. The van der Waals surface area contributed by atoms with Crippen LogP contribution in [0.15, 0.2) is 54.7 Å². The van der Waals surface area contributed by atoms with Crippen LogP contribution >= 0.6 is 0 Å². The second kappa shape index (κ2) is 9.25. The molecule has 1 fully saturated rings. The maximum absolute atomic E-state index is 13.5. The number of nitrogens with one attached hydrogen (secondary N) is 2. The van der Waals surface area contributed by atoms with Gasteiger partial charge in [-0.15, -0.1) is 0 Å². The van der Waals surface area contributed by atoms with Crippen molar-refractivity contribution in [3.8, 4) is 0 Å². The predicted octanol–water partition coefficient (Wildman–Crippen LogP) is 4.40. The van der Waals surface area contributed by atoms with E-state index in [0.717, 1.165) is 61.5 Å². The molecular weight excluding hydrogens is 464 g/mol. The molecule has 8 heteroatoms. The summed E-state index contributed by atoms with van der Waals surface area (Å²) in [5, 5.41) is 10.4. The molecule has 2 N–H and O–H groups in total. The van der Waals surface area contributed by atoms with Crippen LogP contribution in [-0.4, -0.2) is 64.2 Å². The Hall–Kier alpha value is -3.81. The van der Waals surface area contributed by atoms with Gasteiger partial charge in [0.2, 0.25) is 0 Å². The quantitative estimate of drug-likeness (QED) is 0.561. The molecule has 0 spiro atoms. The van der Waals surface area contributed by atoms with Crippen molar-refractivity contribution in [2.24, 2.45) is 0 Å². The van der Waals surface area contributed by atoms with Crippen molar-refractivity contribution in [3.63, 3.8) is 0 Å². The van der Waals surface area contributed by atoms with Gasteiger partial charge in [0.1, 0.15) is 0 Å². The van der Waals surface area contributed by atoms with Gasteiger partial charge in [0, 0.05) is 72.4 Å². The molecule has 2 aromatic carbocycles. The monoisotopic (exact) mass is 498 g/mol. The van der Waals surface area contributed by atoms with Crippen LogP contribution in [0.1, 0.15) is 53.9 Å². The number of urea groups is 1. The number of aromatic nitrogens is 2. The zero-order chi connectivity index (χ0) is 25.6. The summed E-state index contributed by atoms with van der Waals surface area (Å²) < 4.78 is 0. The van der Waals surface area contributed by atoms with Gasteiger partial charge >= 0.3 is 6.03 Å². The molecule has 3 amide bonds. The number of para-hydroxylation sites is 1. The van der Waals surface area contributed by atoms with Gasteiger partial charge in [0.25, 0.3) is 5.91 Å². The molecule has 3 aliphatic heterocycles. The SMILES string of the molecule is CC1(C)CN(C(=O)c2cccc(N3CCC(N4CCc5ccccc5NC4=O)CC3)c2)Cc2cn[nH]c21. The van der Waals surface area contributed by atoms with E-state index in [1.165, 1.54) is 5.56 Å². The van der Waals surface area contributed by atoms with Gasteiger partial charge in [0.05, 0.1) is 6.20 Å². The van der Waals surface area contributed by atoms with Crippen LogP contribution in [0.25, 0.3) is 0 Å². The van der Waals surface area contributed by atoms with Crippen LogP contribution in [0, 0.1) is 0 Å². The van der Waals surface area contributed by atoms with E-state index in [-0.39, 0.29) is 23.4 Å². The highest BCUT2D eigenvalue weighted by Gasteiger charge is 2.36. The van der Waals surface area contributed by atoms with Crippen molar-refractivity contribution in [1.82, 2.24) is 20.0 Å². The fourth-order valence-corrected chi connectivity index (χ4v) is 6.17. The Morgan fingerprint density at radius 2 is 1.84 bits per heavy atom. The number of H-pyrrole nitrogens is 1. The van der Waals surface area contributed by atoms with Gasteiger partial charge in [-0.25, -0.2) is 4.79 Å². The first-order chi connectivity index (χ1) is 17.9. The van der Waals surface area contributed by atoms with Crippen molar-refractivity contribution in [2.75, 3.05) is 36.4 Å². The van der Waals surface area contributed by atoms with Crippen molar-refractivity contribution in [2.45, 2.75) is 51.1 Å². The molecule has 6 rings (SSSR count). The summed E-state index contributed by atoms with van der Waals surface area (Å²) in [5.74, 6) is 0.0532.